The lowest BCUT2D eigenvalue weighted by Gasteiger charge is -2.13. The first-order valence-corrected chi connectivity index (χ1v) is 5.24. The number of rotatable bonds is 4. The van der Waals surface area contributed by atoms with Crippen LogP contribution in [-0.4, -0.2) is 34.2 Å². The van der Waals surface area contributed by atoms with E-state index in [1.54, 1.807) is 0 Å². The van der Waals surface area contributed by atoms with Crippen molar-refractivity contribution in [3.05, 3.63) is 23.8 Å². The first-order valence-electron chi connectivity index (χ1n) is 5.24. The van der Waals surface area contributed by atoms with Crippen LogP contribution in [0.3, 0.4) is 0 Å². The molecular weight excluding hydrogens is 254 g/mol. The first kappa shape index (κ1) is 14.3. The van der Waals surface area contributed by atoms with E-state index in [0.717, 1.165) is 12.1 Å². The van der Waals surface area contributed by atoms with Crippen molar-refractivity contribution >= 4 is 23.6 Å². The number of amides is 3. The van der Waals surface area contributed by atoms with Crippen molar-refractivity contribution in [2.75, 3.05) is 5.32 Å². The highest BCUT2D eigenvalue weighted by molar-refractivity contribution is 5.99. The van der Waals surface area contributed by atoms with Crippen LogP contribution in [0.15, 0.2) is 18.2 Å². The van der Waals surface area contributed by atoms with E-state index < -0.39 is 23.9 Å². The molecule has 0 bridgehead atoms. The van der Waals surface area contributed by atoms with E-state index in [2.05, 4.69) is 10.6 Å². The van der Waals surface area contributed by atoms with Gasteiger partial charge in [0.15, 0.2) is 0 Å². The fourth-order valence-corrected chi connectivity index (χ4v) is 1.29. The maximum absolute atomic E-state index is 11.6. The fraction of sp³-hybridized carbons (Fsp3) is 0.182. The van der Waals surface area contributed by atoms with Gasteiger partial charge in [-0.2, -0.15) is 0 Å². The number of carbonyl (C=O) groups excluding carboxylic acids is 2. The molecule has 1 unspecified atom stereocenters. The van der Waals surface area contributed by atoms with Crippen LogP contribution in [0.25, 0.3) is 0 Å². The summed E-state index contributed by atoms with van der Waals surface area (Å²) in [5.41, 5.74) is 4.70. The molecule has 3 amide bonds. The standard InChI is InChI=1S/C11H13N3O5/c1-5(13-11(12)19)9(16)14-7-4-6(10(17)18)2-3-8(7)15/h2-5,15H,1H3,(H,14,16)(H,17,18)(H3,12,13,19). The van der Waals surface area contributed by atoms with Crippen molar-refractivity contribution in [2.24, 2.45) is 5.73 Å². The number of aromatic hydroxyl groups is 1. The zero-order valence-corrected chi connectivity index (χ0v) is 10.0. The number of benzene rings is 1. The zero-order valence-electron chi connectivity index (χ0n) is 10.0. The molecule has 0 aliphatic rings. The molecule has 0 saturated heterocycles. The SMILES string of the molecule is CC(NC(N)=O)C(=O)Nc1cc(C(=O)O)ccc1O. The molecule has 0 aliphatic heterocycles. The van der Waals surface area contributed by atoms with Crippen molar-refractivity contribution in [1.29, 1.82) is 0 Å². The van der Waals surface area contributed by atoms with Gasteiger partial charge in [0.1, 0.15) is 11.8 Å². The number of nitrogens with two attached hydrogens (primary N) is 1. The Kier molecular flexibility index (Phi) is 4.30. The van der Waals surface area contributed by atoms with Crippen molar-refractivity contribution in [1.82, 2.24) is 5.32 Å². The molecule has 0 radical (unpaired) electrons. The van der Waals surface area contributed by atoms with E-state index in [1.165, 1.54) is 13.0 Å². The summed E-state index contributed by atoms with van der Waals surface area (Å²) in [5, 5.41) is 22.7. The van der Waals surface area contributed by atoms with Crippen molar-refractivity contribution in [3.63, 3.8) is 0 Å². The highest BCUT2D eigenvalue weighted by atomic mass is 16.4. The molecule has 8 heteroatoms. The monoisotopic (exact) mass is 267 g/mol. The Morgan fingerprint density at radius 2 is 1.95 bits per heavy atom. The second-order valence-electron chi connectivity index (χ2n) is 3.76. The summed E-state index contributed by atoms with van der Waals surface area (Å²) in [6, 6.07) is 1.65. The largest absolute Gasteiger partial charge is 0.506 e. The second kappa shape index (κ2) is 5.71. The lowest BCUT2D eigenvalue weighted by molar-refractivity contribution is -0.117. The van der Waals surface area contributed by atoms with Gasteiger partial charge in [-0.25, -0.2) is 9.59 Å². The lowest BCUT2D eigenvalue weighted by atomic mass is 10.2. The number of hydrogen-bond donors (Lipinski definition) is 5. The van der Waals surface area contributed by atoms with E-state index in [4.69, 9.17) is 10.8 Å². The van der Waals surface area contributed by atoms with E-state index in [9.17, 15) is 19.5 Å². The number of urea groups is 1. The predicted molar refractivity (Wildman–Crippen MR) is 65.9 cm³/mol. The minimum Gasteiger partial charge on any atom is -0.506 e. The molecule has 1 atom stereocenters. The Morgan fingerprint density at radius 3 is 2.47 bits per heavy atom. The number of phenols is 1. The number of primary amides is 1. The normalized spacial score (nSPS) is 11.4. The molecule has 0 fully saturated rings. The van der Waals surface area contributed by atoms with E-state index in [-0.39, 0.29) is 17.0 Å². The van der Waals surface area contributed by atoms with Crippen LogP contribution in [0, 0.1) is 0 Å². The van der Waals surface area contributed by atoms with Crippen LogP contribution in [0.5, 0.6) is 5.75 Å². The van der Waals surface area contributed by atoms with Gasteiger partial charge in [0, 0.05) is 0 Å². The Labute approximate surface area is 108 Å². The number of anilines is 1. The highest BCUT2D eigenvalue weighted by Crippen LogP contribution is 2.24. The summed E-state index contributed by atoms with van der Waals surface area (Å²) in [5.74, 6) is -2.12. The number of hydrogen-bond acceptors (Lipinski definition) is 4. The number of carbonyl (C=O) groups is 3. The van der Waals surface area contributed by atoms with Crippen LogP contribution < -0.4 is 16.4 Å². The molecular formula is C11H13N3O5. The minimum absolute atomic E-state index is 0.0666. The van der Waals surface area contributed by atoms with Gasteiger partial charge < -0.3 is 26.6 Å². The lowest BCUT2D eigenvalue weighted by Crippen LogP contribution is -2.44. The molecule has 102 valence electrons. The maximum Gasteiger partial charge on any atom is 0.335 e. The van der Waals surface area contributed by atoms with Gasteiger partial charge in [-0.3, -0.25) is 4.79 Å². The average Bonchev–Trinajstić information content (AvgIpc) is 2.30. The zero-order chi connectivity index (χ0) is 14.6. The Balaban J connectivity index is 2.86. The molecule has 1 rings (SSSR count). The molecule has 0 spiro atoms. The smallest absolute Gasteiger partial charge is 0.335 e. The molecule has 0 aromatic heterocycles. The third kappa shape index (κ3) is 3.87. The van der Waals surface area contributed by atoms with Gasteiger partial charge in [0.05, 0.1) is 11.3 Å². The third-order valence-electron chi connectivity index (χ3n) is 2.25. The molecule has 6 N–H and O–H groups in total. The molecule has 8 nitrogen and oxygen atoms in total. The van der Waals surface area contributed by atoms with Crippen LogP contribution in [0.1, 0.15) is 17.3 Å². The topological polar surface area (TPSA) is 142 Å². The molecule has 0 heterocycles. The summed E-state index contributed by atoms with van der Waals surface area (Å²) < 4.78 is 0. The molecule has 1 aromatic carbocycles. The van der Waals surface area contributed by atoms with Gasteiger partial charge in [-0.05, 0) is 25.1 Å². The van der Waals surface area contributed by atoms with Crippen molar-refractivity contribution in [2.45, 2.75) is 13.0 Å². The summed E-state index contributed by atoms with van der Waals surface area (Å²) in [4.78, 5) is 33.0. The summed E-state index contributed by atoms with van der Waals surface area (Å²) in [6.45, 7) is 1.39. The summed E-state index contributed by atoms with van der Waals surface area (Å²) >= 11 is 0. The Bertz CT molecular complexity index is 529. The fourth-order valence-electron chi connectivity index (χ4n) is 1.29. The second-order valence-corrected chi connectivity index (χ2v) is 3.76. The number of phenolic OH excluding ortho intramolecular Hbond substituents is 1. The van der Waals surface area contributed by atoms with Crippen LogP contribution in [-0.2, 0) is 4.79 Å². The van der Waals surface area contributed by atoms with Gasteiger partial charge in [0.2, 0.25) is 5.91 Å². The quantitative estimate of drug-likeness (QED) is 0.491. The number of carboxylic acids is 1. The average molecular weight is 267 g/mol. The van der Waals surface area contributed by atoms with Crippen molar-refractivity contribution < 1.29 is 24.6 Å². The first-order chi connectivity index (χ1) is 8.81. The van der Waals surface area contributed by atoms with Crippen LogP contribution in [0.4, 0.5) is 10.5 Å². The number of nitrogens with one attached hydrogen (secondary N) is 2. The molecule has 19 heavy (non-hydrogen) atoms. The molecule has 1 aromatic rings. The molecule has 0 aliphatic carbocycles. The van der Waals surface area contributed by atoms with E-state index in [0.29, 0.717) is 0 Å². The number of aromatic carboxylic acids is 1. The molecule has 0 saturated carbocycles. The van der Waals surface area contributed by atoms with E-state index in [1.807, 2.05) is 0 Å². The summed E-state index contributed by atoms with van der Waals surface area (Å²) in [7, 11) is 0. The minimum atomic E-state index is -1.20. The van der Waals surface area contributed by atoms with Gasteiger partial charge in [-0.15, -0.1) is 0 Å². The van der Waals surface area contributed by atoms with Crippen LogP contribution >= 0.6 is 0 Å². The van der Waals surface area contributed by atoms with Gasteiger partial charge in [-0.1, -0.05) is 0 Å². The van der Waals surface area contributed by atoms with Gasteiger partial charge >= 0.3 is 12.0 Å². The van der Waals surface area contributed by atoms with Crippen LogP contribution in [0.2, 0.25) is 0 Å². The maximum atomic E-state index is 11.6. The van der Waals surface area contributed by atoms with Gasteiger partial charge in [0.25, 0.3) is 0 Å². The van der Waals surface area contributed by atoms with E-state index >= 15 is 0 Å². The van der Waals surface area contributed by atoms with Crippen molar-refractivity contribution in [3.8, 4) is 5.75 Å². The number of carboxylic acid groups (broad SMARTS) is 1. The predicted octanol–water partition coefficient (Wildman–Crippen LogP) is 0.0857. The highest BCUT2D eigenvalue weighted by Gasteiger charge is 2.16. The Morgan fingerprint density at radius 1 is 1.32 bits per heavy atom. The summed E-state index contributed by atoms with van der Waals surface area (Å²) in [6.07, 6.45) is 0. The third-order valence-corrected chi connectivity index (χ3v) is 2.25. The Hall–Kier alpha value is -2.77.